The van der Waals surface area contributed by atoms with Crippen LogP contribution >= 0.6 is 0 Å². The first kappa shape index (κ1) is 15.9. The molecule has 0 aromatic rings. The summed E-state index contributed by atoms with van der Waals surface area (Å²) in [6, 6.07) is 0. The highest BCUT2D eigenvalue weighted by Crippen LogP contribution is 2.65. The third-order valence-electron chi connectivity index (χ3n) is 8.58. The third-order valence-corrected chi connectivity index (χ3v) is 8.58. The summed E-state index contributed by atoms with van der Waals surface area (Å²) >= 11 is 0. The van der Waals surface area contributed by atoms with E-state index in [0.29, 0.717) is 5.41 Å². The van der Waals surface area contributed by atoms with Crippen molar-refractivity contribution < 1.29 is 9.94 Å². The standard InChI is InChI=1S/C20H33NO2/c1-19-10-8-14(22)12-13(19)4-5-15-16-6-7-18(21-23-3)20(16,2)11-9-17(15)19/h13-17,22H,4-12H2,1-3H3/t13-,14-,15?,16?,17?,19+,20+/m1/s1. The summed E-state index contributed by atoms with van der Waals surface area (Å²) < 4.78 is 0. The first-order chi connectivity index (χ1) is 11.0. The maximum Gasteiger partial charge on any atom is 0.106 e. The molecule has 3 heteroatoms. The van der Waals surface area contributed by atoms with E-state index in [2.05, 4.69) is 19.0 Å². The first-order valence-corrected chi connectivity index (χ1v) is 9.77. The first-order valence-electron chi connectivity index (χ1n) is 9.77. The van der Waals surface area contributed by atoms with Crippen molar-refractivity contribution in [2.75, 3.05) is 7.11 Å². The lowest BCUT2D eigenvalue weighted by Gasteiger charge is -2.60. The Morgan fingerprint density at radius 3 is 2.65 bits per heavy atom. The highest BCUT2D eigenvalue weighted by Gasteiger charge is 2.59. The molecule has 0 amide bonds. The molecule has 0 aromatic heterocycles. The van der Waals surface area contributed by atoms with Gasteiger partial charge in [0.25, 0.3) is 0 Å². The van der Waals surface area contributed by atoms with Crippen LogP contribution in [0.15, 0.2) is 5.16 Å². The van der Waals surface area contributed by atoms with E-state index < -0.39 is 0 Å². The van der Waals surface area contributed by atoms with Crippen LogP contribution in [0.4, 0.5) is 0 Å². The van der Waals surface area contributed by atoms with Crippen LogP contribution in [-0.4, -0.2) is 24.0 Å². The predicted molar refractivity (Wildman–Crippen MR) is 92.2 cm³/mol. The SMILES string of the molecule is CON=C1CCC2C3CC[C@@H]4C[C@H](O)CC[C@]4(C)C3CC[C@]12C. The Balaban J connectivity index is 1.62. The average Bonchev–Trinajstić information content (AvgIpc) is 2.85. The van der Waals surface area contributed by atoms with Gasteiger partial charge in [-0.2, -0.15) is 0 Å². The van der Waals surface area contributed by atoms with Crippen LogP contribution in [0.25, 0.3) is 0 Å². The van der Waals surface area contributed by atoms with E-state index in [1.165, 1.54) is 44.2 Å². The Morgan fingerprint density at radius 1 is 1.04 bits per heavy atom. The molecule has 0 bridgehead atoms. The van der Waals surface area contributed by atoms with E-state index in [4.69, 9.17) is 4.84 Å². The van der Waals surface area contributed by atoms with Crippen molar-refractivity contribution in [1.29, 1.82) is 0 Å². The highest BCUT2D eigenvalue weighted by molar-refractivity contribution is 5.92. The van der Waals surface area contributed by atoms with Crippen LogP contribution in [0, 0.1) is 34.5 Å². The number of rotatable bonds is 1. The van der Waals surface area contributed by atoms with E-state index in [1.807, 2.05) is 0 Å². The van der Waals surface area contributed by atoms with Gasteiger partial charge in [0.1, 0.15) is 7.11 Å². The zero-order chi connectivity index (χ0) is 16.2. The second-order valence-electron chi connectivity index (χ2n) is 9.30. The number of aliphatic hydroxyl groups excluding tert-OH is 1. The van der Waals surface area contributed by atoms with E-state index in [0.717, 1.165) is 42.9 Å². The minimum Gasteiger partial charge on any atom is -0.399 e. The molecule has 0 radical (unpaired) electrons. The fourth-order valence-corrected chi connectivity index (χ4v) is 7.28. The molecule has 1 N–H and O–H groups in total. The van der Waals surface area contributed by atoms with Gasteiger partial charge in [-0.05, 0) is 86.9 Å². The van der Waals surface area contributed by atoms with Gasteiger partial charge in [-0.15, -0.1) is 0 Å². The van der Waals surface area contributed by atoms with Gasteiger partial charge in [-0.3, -0.25) is 0 Å². The molecule has 4 saturated carbocycles. The van der Waals surface area contributed by atoms with Crippen molar-refractivity contribution in [2.24, 2.45) is 39.7 Å². The Bertz CT molecular complexity index is 504. The third kappa shape index (κ3) is 2.22. The molecule has 0 spiro atoms. The summed E-state index contributed by atoms with van der Waals surface area (Å²) in [4.78, 5) is 5.15. The second kappa shape index (κ2) is 5.47. The minimum atomic E-state index is -0.0367. The van der Waals surface area contributed by atoms with Gasteiger partial charge >= 0.3 is 0 Å². The number of aliphatic hydroxyl groups is 1. The average molecular weight is 319 g/mol. The Labute approximate surface area is 140 Å². The molecule has 23 heavy (non-hydrogen) atoms. The summed E-state index contributed by atoms with van der Waals surface area (Å²) in [5.41, 5.74) is 2.09. The predicted octanol–water partition coefficient (Wildman–Crippen LogP) is 4.39. The fourth-order valence-electron chi connectivity index (χ4n) is 7.28. The van der Waals surface area contributed by atoms with Gasteiger partial charge in [-0.25, -0.2) is 0 Å². The molecule has 4 fully saturated rings. The molecule has 4 rings (SSSR count). The highest BCUT2D eigenvalue weighted by atomic mass is 16.6. The minimum absolute atomic E-state index is 0.0367. The number of oxime groups is 1. The summed E-state index contributed by atoms with van der Waals surface area (Å²) in [6.45, 7) is 5.01. The van der Waals surface area contributed by atoms with Crippen molar-refractivity contribution in [3.63, 3.8) is 0 Å². The number of nitrogens with zero attached hydrogens (tertiary/aromatic N) is 1. The van der Waals surface area contributed by atoms with E-state index >= 15 is 0 Å². The molecule has 4 aliphatic carbocycles. The van der Waals surface area contributed by atoms with Crippen molar-refractivity contribution in [1.82, 2.24) is 0 Å². The smallest absolute Gasteiger partial charge is 0.106 e. The maximum atomic E-state index is 10.1. The maximum absolute atomic E-state index is 10.1. The molecule has 3 unspecified atom stereocenters. The normalized spacial score (nSPS) is 54.3. The van der Waals surface area contributed by atoms with Gasteiger partial charge in [0.05, 0.1) is 11.8 Å². The molecule has 0 heterocycles. The molecule has 3 nitrogen and oxygen atoms in total. The van der Waals surface area contributed by atoms with Crippen molar-refractivity contribution in [3.8, 4) is 0 Å². The number of hydrogen-bond donors (Lipinski definition) is 1. The lowest BCUT2D eigenvalue weighted by atomic mass is 9.45. The molecule has 4 aliphatic rings. The second-order valence-corrected chi connectivity index (χ2v) is 9.30. The number of hydrogen-bond acceptors (Lipinski definition) is 3. The van der Waals surface area contributed by atoms with Gasteiger partial charge < -0.3 is 9.94 Å². The van der Waals surface area contributed by atoms with Gasteiger partial charge in [0.15, 0.2) is 0 Å². The molecule has 7 atom stereocenters. The van der Waals surface area contributed by atoms with Crippen molar-refractivity contribution in [3.05, 3.63) is 0 Å². The van der Waals surface area contributed by atoms with Crippen molar-refractivity contribution in [2.45, 2.75) is 77.7 Å². The Kier molecular flexibility index (Phi) is 3.79. The topological polar surface area (TPSA) is 41.8 Å². The Morgan fingerprint density at radius 2 is 1.87 bits per heavy atom. The molecular formula is C20H33NO2. The van der Waals surface area contributed by atoms with E-state index in [1.54, 1.807) is 7.11 Å². The molecule has 0 aromatic carbocycles. The summed E-state index contributed by atoms with van der Waals surface area (Å²) in [7, 11) is 1.69. The zero-order valence-electron chi connectivity index (χ0n) is 15.1. The van der Waals surface area contributed by atoms with E-state index in [9.17, 15) is 5.11 Å². The Hall–Kier alpha value is -0.570. The molecule has 0 saturated heterocycles. The van der Waals surface area contributed by atoms with Gasteiger partial charge in [-0.1, -0.05) is 19.0 Å². The quantitative estimate of drug-likeness (QED) is 0.728. The molecule has 130 valence electrons. The fraction of sp³-hybridized carbons (Fsp3) is 0.950. The van der Waals surface area contributed by atoms with Crippen LogP contribution in [0.3, 0.4) is 0 Å². The van der Waals surface area contributed by atoms with Crippen LogP contribution in [-0.2, 0) is 4.84 Å². The lowest BCUT2D eigenvalue weighted by molar-refractivity contribution is -0.114. The zero-order valence-corrected chi connectivity index (χ0v) is 15.1. The van der Waals surface area contributed by atoms with Crippen LogP contribution in [0.1, 0.15) is 71.6 Å². The molecule has 0 aliphatic heterocycles. The van der Waals surface area contributed by atoms with Crippen LogP contribution in [0.2, 0.25) is 0 Å². The van der Waals surface area contributed by atoms with Gasteiger partial charge in [0, 0.05) is 5.41 Å². The number of fused-ring (bicyclic) bond motifs is 5. The molecular weight excluding hydrogens is 286 g/mol. The summed E-state index contributed by atoms with van der Waals surface area (Å²) in [6.07, 6.45) is 11.1. The van der Waals surface area contributed by atoms with E-state index in [-0.39, 0.29) is 11.5 Å². The lowest BCUT2D eigenvalue weighted by Crippen LogP contribution is -2.54. The van der Waals surface area contributed by atoms with Crippen LogP contribution < -0.4 is 0 Å². The largest absolute Gasteiger partial charge is 0.399 e. The monoisotopic (exact) mass is 319 g/mol. The summed E-state index contributed by atoms with van der Waals surface area (Å²) in [5, 5.41) is 14.5. The summed E-state index contributed by atoms with van der Waals surface area (Å²) in [5.74, 6) is 3.30. The van der Waals surface area contributed by atoms with Crippen LogP contribution in [0.5, 0.6) is 0 Å². The van der Waals surface area contributed by atoms with Gasteiger partial charge in [0.2, 0.25) is 0 Å². The van der Waals surface area contributed by atoms with Crippen molar-refractivity contribution >= 4 is 5.71 Å².